The van der Waals surface area contributed by atoms with Crippen molar-refractivity contribution in [1.29, 1.82) is 0 Å². The lowest BCUT2D eigenvalue weighted by Crippen LogP contribution is -2.01. The Kier molecular flexibility index (Phi) is 3.80. The molecule has 0 spiro atoms. The van der Waals surface area contributed by atoms with Gasteiger partial charge in [-0.15, -0.1) is 11.6 Å². The van der Waals surface area contributed by atoms with E-state index in [1.807, 2.05) is 0 Å². The van der Waals surface area contributed by atoms with E-state index in [-0.39, 0.29) is 5.38 Å². The maximum atomic E-state index is 6.10. The van der Waals surface area contributed by atoms with Crippen LogP contribution in [0.25, 0.3) is 0 Å². The second-order valence-corrected chi connectivity index (χ2v) is 4.32. The lowest BCUT2D eigenvalue weighted by Gasteiger charge is -2.08. The Hall–Kier alpha value is -0.490. The van der Waals surface area contributed by atoms with Gasteiger partial charge in [0.05, 0.1) is 0 Å². The molecule has 1 rings (SSSR count). The lowest BCUT2D eigenvalue weighted by molar-refractivity contribution is 0.804. The third-order valence-corrected chi connectivity index (χ3v) is 2.64. The predicted octanol–water partition coefficient (Wildman–Crippen LogP) is 3.86. The Morgan fingerprint density at radius 1 is 1.15 bits per heavy atom. The van der Waals surface area contributed by atoms with Gasteiger partial charge in [-0.05, 0) is 32.3 Å². The Labute approximate surface area is 85.9 Å². The molecule has 0 radical (unpaired) electrons. The smallest absolute Gasteiger partial charge is 0.0373 e. The highest BCUT2D eigenvalue weighted by Crippen LogP contribution is 2.14. The van der Waals surface area contributed by atoms with E-state index in [9.17, 15) is 0 Å². The van der Waals surface area contributed by atoms with Gasteiger partial charge in [0.25, 0.3) is 0 Å². The zero-order chi connectivity index (χ0) is 9.84. The topological polar surface area (TPSA) is 0 Å². The molecule has 1 atom stereocenters. The Morgan fingerprint density at radius 3 is 2.15 bits per heavy atom. The molecule has 0 bridgehead atoms. The van der Waals surface area contributed by atoms with Gasteiger partial charge in [0.1, 0.15) is 0 Å². The number of hydrogen-bond acceptors (Lipinski definition) is 0. The molecule has 0 fully saturated rings. The summed E-state index contributed by atoms with van der Waals surface area (Å²) >= 11 is 6.10. The van der Waals surface area contributed by atoms with Crippen molar-refractivity contribution in [3.05, 3.63) is 34.9 Å². The summed E-state index contributed by atoms with van der Waals surface area (Å²) < 4.78 is 0. The van der Waals surface area contributed by atoms with Gasteiger partial charge in [0.15, 0.2) is 0 Å². The van der Waals surface area contributed by atoms with Crippen LogP contribution in [-0.4, -0.2) is 5.38 Å². The fraction of sp³-hybridized carbons (Fsp3) is 0.500. The van der Waals surface area contributed by atoms with Crippen LogP contribution in [0.3, 0.4) is 0 Å². The van der Waals surface area contributed by atoms with E-state index >= 15 is 0 Å². The first-order chi connectivity index (χ1) is 6.11. The van der Waals surface area contributed by atoms with E-state index in [2.05, 4.69) is 39.0 Å². The van der Waals surface area contributed by atoms with Crippen LogP contribution in [0, 0.1) is 13.8 Å². The van der Waals surface area contributed by atoms with Crippen molar-refractivity contribution < 1.29 is 0 Å². The minimum absolute atomic E-state index is 0.279. The summed E-state index contributed by atoms with van der Waals surface area (Å²) in [4.78, 5) is 0. The number of aryl methyl sites for hydroxylation is 2. The Balaban J connectivity index is 2.77. The number of benzene rings is 1. The quantitative estimate of drug-likeness (QED) is 0.644. The van der Waals surface area contributed by atoms with Crippen LogP contribution < -0.4 is 0 Å². The van der Waals surface area contributed by atoms with Crippen molar-refractivity contribution in [2.45, 2.75) is 39.0 Å². The number of halogens is 1. The SMILES string of the molecule is CCC(Cl)Cc1cc(C)cc(C)c1. The summed E-state index contributed by atoms with van der Waals surface area (Å²) in [5, 5.41) is 0.279. The third kappa shape index (κ3) is 3.40. The fourth-order valence-electron chi connectivity index (χ4n) is 1.59. The summed E-state index contributed by atoms with van der Waals surface area (Å²) in [6, 6.07) is 6.63. The zero-order valence-electron chi connectivity index (χ0n) is 8.60. The number of hydrogen-bond donors (Lipinski definition) is 0. The average Bonchev–Trinajstić information content (AvgIpc) is 2.02. The highest BCUT2D eigenvalue weighted by atomic mass is 35.5. The van der Waals surface area contributed by atoms with Crippen molar-refractivity contribution in [3.8, 4) is 0 Å². The van der Waals surface area contributed by atoms with Gasteiger partial charge < -0.3 is 0 Å². The molecule has 1 aromatic rings. The monoisotopic (exact) mass is 196 g/mol. The Morgan fingerprint density at radius 2 is 1.69 bits per heavy atom. The second-order valence-electron chi connectivity index (χ2n) is 3.71. The van der Waals surface area contributed by atoms with Gasteiger partial charge in [-0.1, -0.05) is 36.2 Å². The third-order valence-electron chi connectivity index (χ3n) is 2.18. The van der Waals surface area contributed by atoms with E-state index in [1.165, 1.54) is 16.7 Å². The van der Waals surface area contributed by atoms with Crippen molar-refractivity contribution in [2.75, 3.05) is 0 Å². The minimum Gasteiger partial charge on any atom is -0.123 e. The maximum Gasteiger partial charge on any atom is 0.0373 e. The van der Waals surface area contributed by atoms with Crippen molar-refractivity contribution in [1.82, 2.24) is 0 Å². The summed E-state index contributed by atoms with van der Waals surface area (Å²) in [5.41, 5.74) is 4.02. The van der Waals surface area contributed by atoms with Crippen molar-refractivity contribution in [2.24, 2.45) is 0 Å². The number of alkyl halides is 1. The van der Waals surface area contributed by atoms with E-state index in [0.29, 0.717) is 0 Å². The first kappa shape index (κ1) is 10.6. The minimum atomic E-state index is 0.279. The first-order valence-corrected chi connectivity index (χ1v) is 5.26. The largest absolute Gasteiger partial charge is 0.123 e. The highest BCUT2D eigenvalue weighted by Gasteiger charge is 2.03. The summed E-state index contributed by atoms with van der Waals surface area (Å²) in [7, 11) is 0. The summed E-state index contributed by atoms with van der Waals surface area (Å²) in [6.07, 6.45) is 2.02. The molecule has 72 valence electrons. The molecule has 1 heteroatoms. The van der Waals surface area contributed by atoms with E-state index in [4.69, 9.17) is 11.6 Å². The van der Waals surface area contributed by atoms with E-state index in [0.717, 1.165) is 12.8 Å². The maximum absolute atomic E-state index is 6.10. The van der Waals surface area contributed by atoms with Gasteiger partial charge in [0, 0.05) is 5.38 Å². The molecule has 0 heterocycles. The first-order valence-electron chi connectivity index (χ1n) is 4.83. The highest BCUT2D eigenvalue weighted by molar-refractivity contribution is 6.20. The average molecular weight is 197 g/mol. The molecule has 0 saturated heterocycles. The summed E-state index contributed by atoms with van der Waals surface area (Å²) in [6.45, 7) is 6.39. The van der Waals surface area contributed by atoms with Gasteiger partial charge in [-0.2, -0.15) is 0 Å². The van der Waals surface area contributed by atoms with Crippen LogP contribution in [0.1, 0.15) is 30.0 Å². The zero-order valence-corrected chi connectivity index (χ0v) is 9.36. The molecule has 0 aromatic heterocycles. The van der Waals surface area contributed by atoms with Crippen molar-refractivity contribution in [3.63, 3.8) is 0 Å². The molecule has 13 heavy (non-hydrogen) atoms. The molecule has 0 aliphatic heterocycles. The molecule has 0 aliphatic rings. The standard InChI is InChI=1S/C12H17Cl/c1-4-12(13)8-11-6-9(2)5-10(3)7-11/h5-7,12H,4,8H2,1-3H3. The lowest BCUT2D eigenvalue weighted by atomic mass is 10.0. The predicted molar refractivity (Wildman–Crippen MR) is 59.6 cm³/mol. The van der Waals surface area contributed by atoms with Crippen LogP contribution in [-0.2, 0) is 6.42 Å². The van der Waals surface area contributed by atoms with Gasteiger partial charge >= 0.3 is 0 Å². The van der Waals surface area contributed by atoms with Gasteiger partial charge in [0.2, 0.25) is 0 Å². The van der Waals surface area contributed by atoms with E-state index < -0.39 is 0 Å². The van der Waals surface area contributed by atoms with Crippen LogP contribution in [0.4, 0.5) is 0 Å². The van der Waals surface area contributed by atoms with E-state index in [1.54, 1.807) is 0 Å². The van der Waals surface area contributed by atoms with Crippen LogP contribution >= 0.6 is 11.6 Å². The molecular formula is C12H17Cl. The molecular weight excluding hydrogens is 180 g/mol. The fourth-order valence-corrected chi connectivity index (χ4v) is 1.77. The Bertz CT molecular complexity index is 258. The van der Waals surface area contributed by atoms with Crippen LogP contribution in [0.2, 0.25) is 0 Å². The number of rotatable bonds is 3. The second kappa shape index (κ2) is 4.66. The molecule has 1 unspecified atom stereocenters. The molecule has 0 amide bonds. The van der Waals surface area contributed by atoms with Gasteiger partial charge in [-0.3, -0.25) is 0 Å². The molecule has 0 nitrogen and oxygen atoms in total. The molecule has 0 N–H and O–H groups in total. The van der Waals surface area contributed by atoms with Crippen molar-refractivity contribution >= 4 is 11.6 Å². The molecule has 0 aliphatic carbocycles. The summed E-state index contributed by atoms with van der Waals surface area (Å²) in [5.74, 6) is 0. The van der Waals surface area contributed by atoms with Crippen LogP contribution in [0.15, 0.2) is 18.2 Å². The molecule has 0 saturated carbocycles. The normalized spacial score (nSPS) is 12.9. The molecule has 1 aromatic carbocycles. The van der Waals surface area contributed by atoms with Gasteiger partial charge in [-0.25, -0.2) is 0 Å². The van der Waals surface area contributed by atoms with Crippen LogP contribution in [0.5, 0.6) is 0 Å².